The summed E-state index contributed by atoms with van der Waals surface area (Å²) in [6.45, 7) is 6.98. The molecule has 5 heteroatoms. The minimum Gasteiger partial charge on any atom is -0.437 e. The Balaban J connectivity index is 1.89. The van der Waals surface area contributed by atoms with Crippen LogP contribution in [-0.2, 0) is 12.0 Å². The summed E-state index contributed by atoms with van der Waals surface area (Å²) in [5, 5.41) is 1.99. The first kappa shape index (κ1) is 14.1. The predicted octanol–water partition coefficient (Wildman–Crippen LogP) is 3.94. The van der Waals surface area contributed by atoms with Crippen LogP contribution < -0.4 is 10.5 Å². The van der Waals surface area contributed by atoms with E-state index < -0.39 is 0 Å². The van der Waals surface area contributed by atoms with Gasteiger partial charge in [-0.3, -0.25) is 4.40 Å². The molecule has 2 aromatic heterocycles. The van der Waals surface area contributed by atoms with Gasteiger partial charge in [0.1, 0.15) is 11.4 Å². The number of thiazole rings is 1. The Morgan fingerprint density at radius 1 is 1.24 bits per heavy atom. The number of hydrogen-bond donors (Lipinski definition) is 1. The van der Waals surface area contributed by atoms with Crippen LogP contribution in [0.25, 0.3) is 4.96 Å². The molecule has 0 spiro atoms. The minimum atomic E-state index is 0.137. The number of hydrogen-bond acceptors (Lipinski definition) is 4. The van der Waals surface area contributed by atoms with Crippen molar-refractivity contribution < 1.29 is 4.74 Å². The molecule has 1 aromatic carbocycles. The van der Waals surface area contributed by atoms with Crippen molar-refractivity contribution in [1.29, 1.82) is 0 Å². The highest BCUT2D eigenvalue weighted by Gasteiger charge is 2.16. The van der Waals surface area contributed by atoms with Crippen molar-refractivity contribution in [2.24, 2.45) is 5.73 Å². The number of aromatic nitrogens is 2. The third-order valence-corrected chi connectivity index (χ3v) is 4.21. The fourth-order valence-electron chi connectivity index (χ4n) is 2.21. The van der Waals surface area contributed by atoms with Crippen LogP contribution in [0.2, 0.25) is 0 Å². The molecule has 0 radical (unpaired) electrons. The van der Waals surface area contributed by atoms with Crippen LogP contribution in [0.4, 0.5) is 0 Å². The maximum Gasteiger partial charge on any atom is 0.243 e. The van der Waals surface area contributed by atoms with E-state index in [-0.39, 0.29) is 5.41 Å². The summed E-state index contributed by atoms with van der Waals surface area (Å²) in [6, 6.07) is 8.15. The van der Waals surface area contributed by atoms with Crippen LogP contribution in [0.3, 0.4) is 0 Å². The van der Waals surface area contributed by atoms with Crippen molar-refractivity contribution in [1.82, 2.24) is 9.38 Å². The number of ether oxygens (including phenoxy) is 1. The fourth-order valence-corrected chi connectivity index (χ4v) is 2.94. The number of fused-ring (bicyclic) bond motifs is 1. The molecular weight excluding hydrogens is 282 g/mol. The number of imidazole rings is 1. The summed E-state index contributed by atoms with van der Waals surface area (Å²) in [4.78, 5) is 5.39. The largest absolute Gasteiger partial charge is 0.437 e. The van der Waals surface area contributed by atoms with Gasteiger partial charge in [0.2, 0.25) is 5.88 Å². The third kappa shape index (κ3) is 2.66. The van der Waals surface area contributed by atoms with Crippen molar-refractivity contribution in [3.05, 3.63) is 47.1 Å². The molecule has 4 nitrogen and oxygen atoms in total. The summed E-state index contributed by atoms with van der Waals surface area (Å²) in [5.74, 6) is 1.37. The molecule has 3 rings (SSSR count). The Labute approximate surface area is 128 Å². The molecule has 2 heterocycles. The summed E-state index contributed by atoms with van der Waals surface area (Å²) in [6.07, 6.45) is 1.96. The Bertz CT molecular complexity index is 750. The van der Waals surface area contributed by atoms with Crippen LogP contribution >= 0.6 is 11.3 Å². The molecule has 0 amide bonds. The number of rotatable bonds is 3. The molecule has 0 fully saturated rings. The molecule has 0 aliphatic carbocycles. The van der Waals surface area contributed by atoms with Crippen LogP contribution in [0.15, 0.2) is 35.8 Å². The molecule has 0 saturated carbocycles. The molecule has 0 bridgehead atoms. The monoisotopic (exact) mass is 301 g/mol. The lowest BCUT2D eigenvalue weighted by Crippen LogP contribution is -2.10. The molecule has 21 heavy (non-hydrogen) atoms. The zero-order chi connectivity index (χ0) is 15.0. The van der Waals surface area contributed by atoms with Crippen LogP contribution in [0.5, 0.6) is 11.6 Å². The topological polar surface area (TPSA) is 52.5 Å². The third-order valence-electron chi connectivity index (χ3n) is 3.45. The van der Waals surface area contributed by atoms with E-state index in [0.29, 0.717) is 12.4 Å². The molecule has 2 N–H and O–H groups in total. The molecule has 0 atom stereocenters. The van der Waals surface area contributed by atoms with Crippen LogP contribution in [0.1, 0.15) is 32.0 Å². The van der Waals surface area contributed by atoms with Gasteiger partial charge in [-0.1, -0.05) is 32.9 Å². The van der Waals surface area contributed by atoms with E-state index in [1.807, 2.05) is 28.1 Å². The second-order valence-corrected chi connectivity index (χ2v) is 6.87. The van der Waals surface area contributed by atoms with Gasteiger partial charge in [-0.05, 0) is 23.1 Å². The van der Waals surface area contributed by atoms with Crippen molar-refractivity contribution >= 4 is 16.3 Å². The highest BCUT2D eigenvalue weighted by atomic mass is 32.1. The van der Waals surface area contributed by atoms with Gasteiger partial charge >= 0.3 is 0 Å². The maximum atomic E-state index is 5.91. The minimum absolute atomic E-state index is 0.137. The SMILES string of the molecule is CC(C)(C)c1ccc(Oc2nc3sccn3c2CN)cc1. The van der Waals surface area contributed by atoms with Crippen molar-refractivity contribution in [2.45, 2.75) is 32.7 Å². The van der Waals surface area contributed by atoms with Gasteiger partial charge < -0.3 is 10.5 Å². The fraction of sp³-hybridized carbons (Fsp3) is 0.312. The lowest BCUT2D eigenvalue weighted by molar-refractivity contribution is 0.458. The van der Waals surface area contributed by atoms with E-state index in [0.717, 1.165) is 16.4 Å². The maximum absolute atomic E-state index is 5.91. The Kier molecular flexibility index (Phi) is 3.47. The summed E-state index contributed by atoms with van der Waals surface area (Å²) >= 11 is 1.57. The van der Waals surface area contributed by atoms with E-state index in [2.05, 4.69) is 37.9 Å². The second-order valence-electron chi connectivity index (χ2n) is 6.00. The van der Waals surface area contributed by atoms with Gasteiger partial charge in [0.15, 0.2) is 4.96 Å². The molecule has 110 valence electrons. The van der Waals surface area contributed by atoms with Crippen LogP contribution in [-0.4, -0.2) is 9.38 Å². The van der Waals surface area contributed by atoms with E-state index in [1.54, 1.807) is 11.3 Å². The van der Waals surface area contributed by atoms with E-state index in [9.17, 15) is 0 Å². The Morgan fingerprint density at radius 3 is 2.57 bits per heavy atom. The molecular formula is C16H19N3OS. The lowest BCUT2D eigenvalue weighted by atomic mass is 9.87. The highest BCUT2D eigenvalue weighted by molar-refractivity contribution is 7.15. The molecule has 0 saturated heterocycles. The molecule has 0 unspecified atom stereocenters. The summed E-state index contributed by atoms with van der Waals surface area (Å²) < 4.78 is 7.88. The lowest BCUT2D eigenvalue weighted by Gasteiger charge is -2.19. The van der Waals surface area contributed by atoms with Gasteiger partial charge in [-0.25, -0.2) is 0 Å². The zero-order valence-corrected chi connectivity index (χ0v) is 13.3. The first-order valence-corrected chi connectivity index (χ1v) is 7.80. The van der Waals surface area contributed by atoms with Gasteiger partial charge in [-0.15, -0.1) is 11.3 Å². The zero-order valence-electron chi connectivity index (χ0n) is 12.5. The van der Waals surface area contributed by atoms with Gasteiger partial charge in [0, 0.05) is 18.1 Å². The molecule has 0 aliphatic heterocycles. The number of nitrogens with zero attached hydrogens (tertiary/aromatic N) is 2. The second kappa shape index (κ2) is 5.16. The Hall–Kier alpha value is -1.85. The average Bonchev–Trinajstić information content (AvgIpc) is 2.98. The van der Waals surface area contributed by atoms with Crippen LogP contribution in [0, 0.1) is 0 Å². The molecule has 0 aliphatic rings. The van der Waals surface area contributed by atoms with Crippen molar-refractivity contribution in [2.75, 3.05) is 0 Å². The predicted molar refractivity (Wildman–Crippen MR) is 86.2 cm³/mol. The van der Waals surface area contributed by atoms with Gasteiger partial charge in [0.05, 0.1) is 0 Å². The standard InChI is InChI=1S/C16H19N3OS/c1-16(2,3)11-4-6-12(7-5-11)20-14-13(10-17)19-8-9-21-15(19)18-14/h4-9H,10,17H2,1-3H3. The summed E-state index contributed by atoms with van der Waals surface area (Å²) in [7, 11) is 0. The number of nitrogens with two attached hydrogens (primary N) is 1. The van der Waals surface area contributed by atoms with E-state index >= 15 is 0 Å². The summed E-state index contributed by atoms with van der Waals surface area (Å²) in [5.41, 5.74) is 8.13. The normalized spacial score (nSPS) is 12.0. The Morgan fingerprint density at radius 2 is 1.95 bits per heavy atom. The van der Waals surface area contributed by atoms with Gasteiger partial charge in [0.25, 0.3) is 0 Å². The van der Waals surface area contributed by atoms with Gasteiger partial charge in [-0.2, -0.15) is 4.98 Å². The van der Waals surface area contributed by atoms with E-state index in [4.69, 9.17) is 10.5 Å². The first-order valence-electron chi connectivity index (χ1n) is 6.92. The quantitative estimate of drug-likeness (QED) is 0.797. The average molecular weight is 301 g/mol. The van der Waals surface area contributed by atoms with Crippen molar-refractivity contribution in [3.63, 3.8) is 0 Å². The molecule has 3 aromatic rings. The smallest absolute Gasteiger partial charge is 0.243 e. The van der Waals surface area contributed by atoms with E-state index in [1.165, 1.54) is 5.56 Å². The number of benzene rings is 1. The van der Waals surface area contributed by atoms with Crippen molar-refractivity contribution in [3.8, 4) is 11.6 Å². The highest BCUT2D eigenvalue weighted by Crippen LogP contribution is 2.29. The first-order chi connectivity index (χ1) is 9.99.